The minimum Gasteiger partial charge on any atom is -0.401 e. The van der Waals surface area contributed by atoms with Crippen molar-refractivity contribution in [3.63, 3.8) is 0 Å². The summed E-state index contributed by atoms with van der Waals surface area (Å²) < 4.78 is 4.92. The Hall–Kier alpha value is -2.89. The topological polar surface area (TPSA) is 76.6 Å². The maximum Gasteiger partial charge on any atom is 0.433 e. The molecule has 1 heterocycles. The molecule has 0 aliphatic rings. The third-order valence-corrected chi connectivity index (χ3v) is 2.66. The minimum atomic E-state index is -0.630. The van der Waals surface area contributed by atoms with E-state index in [1.54, 1.807) is 7.05 Å². The Kier molecular flexibility index (Phi) is 3.95. The van der Waals surface area contributed by atoms with Gasteiger partial charge in [-0.2, -0.15) is 0 Å². The lowest BCUT2D eigenvalue weighted by atomic mass is 10.3. The Bertz CT molecular complexity index is 646. The van der Waals surface area contributed by atoms with Gasteiger partial charge in [0.15, 0.2) is 0 Å². The highest BCUT2D eigenvalue weighted by atomic mass is 16.6. The summed E-state index contributed by atoms with van der Waals surface area (Å²) in [6.07, 6.45) is 2.70. The molecule has 0 atom stereocenters. The van der Waals surface area contributed by atoms with Gasteiger partial charge in [0.25, 0.3) is 5.91 Å². The van der Waals surface area contributed by atoms with Crippen LogP contribution < -0.4 is 4.90 Å². The molecular weight excluding hydrogens is 260 g/mol. The van der Waals surface area contributed by atoms with Gasteiger partial charge in [0.05, 0.1) is 6.07 Å². The third kappa shape index (κ3) is 3.11. The van der Waals surface area contributed by atoms with E-state index in [0.717, 1.165) is 5.69 Å². The largest absolute Gasteiger partial charge is 0.433 e. The Morgan fingerprint density at radius 2 is 1.95 bits per heavy atom. The molecule has 0 saturated heterocycles. The molecule has 2 rings (SSSR count). The highest BCUT2D eigenvalue weighted by Crippen LogP contribution is 2.17. The lowest BCUT2D eigenvalue weighted by Gasteiger charge is -2.14. The van der Waals surface area contributed by atoms with E-state index in [1.165, 1.54) is 29.2 Å². The zero-order valence-electron chi connectivity index (χ0n) is 10.7. The number of likely N-dealkylation sites (N-methyl/N-ethyl adjacent to an activating group) is 1. The fourth-order valence-electron chi connectivity index (χ4n) is 1.57. The van der Waals surface area contributed by atoms with Gasteiger partial charge in [0.1, 0.15) is 10.7 Å². The number of nitrogens with zero attached hydrogens (tertiary/aromatic N) is 2. The summed E-state index contributed by atoms with van der Waals surface area (Å²) in [6.45, 7) is 0. The van der Waals surface area contributed by atoms with Crippen LogP contribution in [0.1, 0.15) is 5.76 Å². The number of carbonyl (C=O) groups is 1. The van der Waals surface area contributed by atoms with Crippen LogP contribution >= 0.6 is 0 Å². The predicted molar refractivity (Wildman–Crippen MR) is 74.2 cm³/mol. The first-order chi connectivity index (χ1) is 9.58. The molecule has 1 aromatic heterocycles. The molecule has 0 unspecified atom stereocenters. The Labute approximate surface area is 115 Å². The van der Waals surface area contributed by atoms with Crippen LogP contribution in [0.3, 0.4) is 0 Å². The van der Waals surface area contributed by atoms with E-state index < -0.39 is 4.92 Å². The first-order valence-electron chi connectivity index (χ1n) is 5.83. The molecule has 0 aliphatic heterocycles. The molecule has 0 N–H and O–H groups in total. The second-order valence-electron chi connectivity index (χ2n) is 4.00. The van der Waals surface area contributed by atoms with Crippen molar-refractivity contribution in [2.24, 2.45) is 0 Å². The molecule has 6 heteroatoms. The van der Waals surface area contributed by atoms with Gasteiger partial charge in [-0.15, -0.1) is 0 Å². The molecule has 2 aromatic rings. The van der Waals surface area contributed by atoms with Crippen LogP contribution in [0.4, 0.5) is 11.6 Å². The third-order valence-electron chi connectivity index (χ3n) is 2.66. The van der Waals surface area contributed by atoms with Crippen molar-refractivity contribution in [3.05, 3.63) is 64.4 Å². The minimum absolute atomic E-state index is 0.254. The summed E-state index contributed by atoms with van der Waals surface area (Å²) in [4.78, 5) is 23.2. The van der Waals surface area contributed by atoms with Crippen LogP contribution in [-0.2, 0) is 4.79 Å². The summed E-state index contributed by atoms with van der Waals surface area (Å²) >= 11 is 0. The lowest BCUT2D eigenvalue weighted by Crippen LogP contribution is -2.23. The van der Waals surface area contributed by atoms with Crippen LogP contribution in [0, 0.1) is 10.1 Å². The molecule has 0 spiro atoms. The molecule has 0 fully saturated rings. The van der Waals surface area contributed by atoms with E-state index in [0.29, 0.717) is 0 Å². The highest BCUT2D eigenvalue weighted by molar-refractivity contribution is 6.03. The second-order valence-corrected chi connectivity index (χ2v) is 4.00. The maximum atomic E-state index is 11.9. The van der Waals surface area contributed by atoms with Gasteiger partial charge in [-0.05, 0) is 24.3 Å². The lowest BCUT2D eigenvalue weighted by molar-refractivity contribution is -0.402. The highest BCUT2D eigenvalue weighted by Gasteiger charge is 2.11. The van der Waals surface area contributed by atoms with Crippen LogP contribution in [0.2, 0.25) is 0 Å². The quantitative estimate of drug-likeness (QED) is 0.487. The van der Waals surface area contributed by atoms with Crippen LogP contribution in [0.5, 0.6) is 0 Å². The molecule has 0 bridgehead atoms. The maximum absolute atomic E-state index is 11.9. The summed E-state index contributed by atoms with van der Waals surface area (Å²) in [5, 5.41) is 10.5. The van der Waals surface area contributed by atoms with Crippen molar-refractivity contribution in [2.45, 2.75) is 0 Å². The van der Waals surface area contributed by atoms with Crippen molar-refractivity contribution in [1.82, 2.24) is 0 Å². The summed E-state index contributed by atoms with van der Waals surface area (Å²) in [5.41, 5.74) is 0.757. The van der Waals surface area contributed by atoms with E-state index in [1.807, 2.05) is 30.3 Å². The number of nitro groups is 1. The van der Waals surface area contributed by atoms with E-state index in [-0.39, 0.29) is 17.6 Å². The summed E-state index contributed by atoms with van der Waals surface area (Å²) in [6, 6.07) is 11.8. The fraction of sp³-hybridized carbons (Fsp3) is 0.0714. The zero-order chi connectivity index (χ0) is 14.5. The predicted octanol–water partition coefficient (Wildman–Crippen LogP) is 2.86. The van der Waals surface area contributed by atoms with Gasteiger partial charge in [-0.25, -0.2) is 0 Å². The average Bonchev–Trinajstić information content (AvgIpc) is 2.94. The Morgan fingerprint density at radius 3 is 2.55 bits per heavy atom. The van der Waals surface area contributed by atoms with E-state index in [2.05, 4.69) is 0 Å². The SMILES string of the molecule is CN(C(=O)/C=C/c1ccc([N+](=O)[O-])o1)c1ccccc1. The van der Waals surface area contributed by atoms with E-state index in [9.17, 15) is 14.9 Å². The number of benzene rings is 1. The summed E-state index contributed by atoms with van der Waals surface area (Å²) in [5.74, 6) is -0.352. The number of hydrogen-bond donors (Lipinski definition) is 0. The number of anilines is 1. The molecule has 20 heavy (non-hydrogen) atoms. The Balaban J connectivity index is 2.07. The standard InChI is InChI=1S/C14H12N2O4/c1-15(11-5-3-2-4-6-11)13(17)9-7-12-8-10-14(20-12)16(18)19/h2-10H,1H3/b9-7+. The molecule has 0 saturated carbocycles. The van der Waals surface area contributed by atoms with Gasteiger partial charge in [0, 0.05) is 18.8 Å². The van der Waals surface area contributed by atoms with Gasteiger partial charge in [-0.3, -0.25) is 14.9 Å². The fourth-order valence-corrected chi connectivity index (χ4v) is 1.57. The second kappa shape index (κ2) is 5.83. The average molecular weight is 272 g/mol. The van der Waals surface area contributed by atoms with Crippen LogP contribution in [0.15, 0.2) is 53.0 Å². The van der Waals surface area contributed by atoms with Gasteiger partial charge < -0.3 is 9.32 Å². The van der Waals surface area contributed by atoms with Gasteiger partial charge >= 0.3 is 5.88 Å². The monoisotopic (exact) mass is 272 g/mol. The van der Waals surface area contributed by atoms with E-state index >= 15 is 0 Å². The molecule has 102 valence electrons. The smallest absolute Gasteiger partial charge is 0.401 e. The van der Waals surface area contributed by atoms with Crippen molar-refractivity contribution in [3.8, 4) is 0 Å². The normalized spacial score (nSPS) is 10.7. The Morgan fingerprint density at radius 1 is 1.25 bits per heavy atom. The van der Waals surface area contributed by atoms with Crippen molar-refractivity contribution < 1.29 is 14.1 Å². The first-order valence-corrected chi connectivity index (χ1v) is 5.83. The van der Waals surface area contributed by atoms with Crippen LogP contribution in [-0.4, -0.2) is 17.9 Å². The molecule has 0 radical (unpaired) electrons. The number of furan rings is 1. The number of rotatable bonds is 4. The van der Waals surface area contributed by atoms with Gasteiger partial charge in [0.2, 0.25) is 0 Å². The number of carbonyl (C=O) groups excluding carboxylic acids is 1. The molecular formula is C14H12N2O4. The first kappa shape index (κ1) is 13.5. The van der Waals surface area contributed by atoms with Crippen molar-refractivity contribution >= 4 is 23.6 Å². The number of para-hydroxylation sites is 1. The summed E-state index contributed by atoms with van der Waals surface area (Å²) in [7, 11) is 1.65. The van der Waals surface area contributed by atoms with E-state index in [4.69, 9.17) is 4.42 Å². The zero-order valence-corrected chi connectivity index (χ0v) is 10.7. The van der Waals surface area contributed by atoms with Gasteiger partial charge in [-0.1, -0.05) is 18.2 Å². The molecule has 1 amide bonds. The number of hydrogen-bond acceptors (Lipinski definition) is 4. The number of amides is 1. The van der Waals surface area contributed by atoms with Crippen LogP contribution in [0.25, 0.3) is 6.08 Å². The van der Waals surface area contributed by atoms with Crippen molar-refractivity contribution in [1.29, 1.82) is 0 Å². The molecule has 1 aromatic carbocycles. The molecule has 6 nitrogen and oxygen atoms in total. The molecule has 0 aliphatic carbocycles. The van der Waals surface area contributed by atoms with Crippen molar-refractivity contribution in [2.75, 3.05) is 11.9 Å².